The number of hydrogen-bond donors (Lipinski definition) is 0. The van der Waals surface area contributed by atoms with Crippen molar-refractivity contribution in [2.24, 2.45) is 0 Å². The summed E-state index contributed by atoms with van der Waals surface area (Å²) in [6.45, 7) is 1.75. The minimum Gasteiger partial charge on any atom is -0.251 e. The molecule has 0 aromatic rings. The van der Waals surface area contributed by atoms with Crippen LogP contribution in [0.15, 0.2) is 0 Å². The van der Waals surface area contributed by atoms with Crippen molar-refractivity contribution in [2.45, 2.75) is 41.7 Å². The van der Waals surface area contributed by atoms with E-state index in [0.29, 0.717) is 12.8 Å². The highest BCUT2D eigenvalue weighted by molar-refractivity contribution is 14.1. The fourth-order valence-electron chi connectivity index (χ4n) is 0.752. The monoisotopic (exact) mass is 396 g/mol. The molecule has 0 spiro atoms. The van der Waals surface area contributed by atoms with Crippen LogP contribution >= 0.6 is 22.6 Å². The van der Waals surface area contributed by atoms with E-state index in [1.807, 2.05) is 0 Å². The van der Waals surface area contributed by atoms with Gasteiger partial charge in [-0.25, -0.2) is 0 Å². The Morgan fingerprint density at radius 1 is 1.24 bits per heavy atom. The summed E-state index contributed by atoms with van der Waals surface area (Å²) in [6, 6.07) is 0. The molecule has 0 aliphatic carbocycles. The summed E-state index contributed by atoms with van der Waals surface area (Å²) in [6.07, 6.45) is -5.02. The maximum Gasteiger partial charge on any atom is 0.472 e. The third-order valence-corrected chi connectivity index (χ3v) is 4.23. The van der Waals surface area contributed by atoms with E-state index in [2.05, 4.69) is 4.18 Å². The van der Waals surface area contributed by atoms with Gasteiger partial charge in [-0.15, -0.1) is 0 Å². The molecule has 0 saturated heterocycles. The number of halogens is 6. The molecule has 0 rings (SSSR count). The molecule has 10 heteroatoms. The van der Waals surface area contributed by atoms with Crippen LogP contribution in [0, 0.1) is 0 Å². The second-order valence-corrected chi connectivity index (χ2v) is 6.12. The van der Waals surface area contributed by atoms with Crippen molar-refractivity contribution in [3.8, 4) is 0 Å². The van der Waals surface area contributed by atoms with Gasteiger partial charge in [-0.05, 0) is 29.0 Å². The quantitative estimate of drug-likeness (QED) is 0.299. The van der Waals surface area contributed by atoms with Crippen molar-refractivity contribution in [2.75, 3.05) is 0 Å². The van der Waals surface area contributed by atoms with E-state index in [1.165, 1.54) is 22.6 Å². The van der Waals surface area contributed by atoms with E-state index in [0.717, 1.165) is 0 Å². The average molecular weight is 396 g/mol. The Kier molecular flexibility index (Phi) is 6.06. The molecule has 0 aliphatic heterocycles. The Morgan fingerprint density at radius 3 is 2.06 bits per heavy atom. The highest BCUT2D eigenvalue weighted by Crippen LogP contribution is 2.41. The fraction of sp³-hybridized carbons (Fsp3) is 1.00. The van der Waals surface area contributed by atoms with Crippen LogP contribution in [0.2, 0.25) is 0 Å². The maximum atomic E-state index is 12.5. The summed E-state index contributed by atoms with van der Waals surface area (Å²) in [5.74, 6) is 0. The first-order valence-corrected chi connectivity index (χ1v) is 7.12. The van der Waals surface area contributed by atoms with Crippen molar-refractivity contribution < 1.29 is 34.6 Å². The van der Waals surface area contributed by atoms with Crippen LogP contribution in [-0.4, -0.2) is 24.0 Å². The molecule has 17 heavy (non-hydrogen) atoms. The summed E-state index contributed by atoms with van der Waals surface area (Å²) in [5.41, 5.74) is 0. The Balaban J connectivity index is 4.81. The van der Waals surface area contributed by atoms with E-state index in [-0.39, 0.29) is 6.42 Å². The third-order valence-electron chi connectivity index (χ3n) is 1.66. The number of alkyl halides is 6. The third kappa shape index (κ3) is 4.47. The molecule has 0 N–H and O–H groups in total. The first-order chi connectivity index (χ1) is 7.45. The molecule has 0 amide bonds. The molecular formula is C7H10F5IO3S. The molecule has 104 valence electrons. The highest BCUT2D eigenvalue weighted by Gasteiger charge is 2.68. The summed E-state index contributed by atoms with van der Waals surface area (Å²) in [4.78, 5) is 0. The van der Waals surface area contributed by atoms with E-state index in [4.69, 9.17) is 0 Å². The van der Waals surface area contributed by atoms with Gasteiger partial charge in [0, 0.05) is 0 Å². The van der Waals surface area contributed by atoms with Crippen LogP contribution < -0.4 is 0 Å². The standard InChI is InChI=1S/C7H10F5IO3S/c1-2-3-4-5(13)16-17(14,15)7(11,12)6(8,9)10/h5H,2-4H2,1H3. The largest absolute Gasteiger partial charge is 0.472 e. The van der Waals surface area contributed by atoms with E-state index in [1.54, 1.807) is 6.92 Å². The Morgan fingerprint density at radius 2 is 1.71 bits per heavy atom. The molecule has 0 heterocycles. The summed E-state index contributed by atoms with van der Waals surface area (Å²) in [5, 5.41) is -5.89. The van der Waals surface area contributed by atoms with Crippen molar-refractivity contribution >= 4 is 32.7 Å². The lowest BCUT2D eigenvalue weighted by atomic mass is 10.3. The lowest BCUT2D eigenvalue weighted by Gasteiger charge is -2.20. The molecule has 0 fully saturated rings. The van der Waals surface area contributed by atoms with Crippen LogP contribution in [0.4, 0.5) is 22.0 Å². The highest BCUT2D eigenvalue weighted by atomic mass is 127. The Hall–Kier alpha value is 0.290. The molecule has 0 radical (unpaired) electrons. The van der Waals surface area contributed by atoms with Gasteiger partial charge in [0.1, 0.15) is 4.11 Å². The van der Waals surface area contributed by atoms with E-state index < -0.39 is 25.7 Å². The van der Waals surface area contributed by atoms with Crippen LogP contribution in [-0.2, 0) is 14.3 Å². The van der Waals surface area contributed by atoms with Crippen LogP contribution in [0.5, 0.6) is 0 Å². The molecule has 0 saturated carbocycles. The predicted octanol–water partition coefficient (Wildman–Crippen LogP) is 3.44. The van der Waals surface area contributed by atoms with Crippen molar-refractivity contribution in [3.63, 3.8) is 0 Å². The normalized spacial score (nSPS) is 15.9. The van der Waals surface area contributed by atoms with Gasteiger partial charge in [-0.1, -0.05) is 19.8 Å². The zero-order chi connectivity index (χ0) is 13.9. The van der Waals surface area contributed by atoms with Crippen molar-refractivity contribution in [3.05, 3.63) is 0 Å². The lowest BCUT2D eigenvalue weighted by Crippen LogP contribution is -2.45. The van der Waals surface area contributed by atoms with Crippen molar-refractivity contribution in [1.82, 2.24) is 0 Å². The first-order valence-electron chi connectivity index (χ1n) is 4.47. The lowest BCUT2D eigenvalue weighted by molar-refractivity contribution is -0.244. The Bertz CT molecular complexity index is 340. The molecule has 0 aromatic carbocycles. The summed E-state index contributed by atoms with van der Waals surface area (Å²) < 4.78 is 84.7. The minimum atomic E-state index is -6.19. The summed E-state index contributed by atoms with van der Waals surface area (Å²) in [7, 11) is -6.01. The maximum absolute atomic E-state index is 12.5. The Labute approximate surface area is 109 Å². The molecule has 3 nitrogen and oxygen atoms in total. The smallest absolute Gasteiger partial charge is 0.251 e. The van der Waals surface area contributed by atoms with Gasteiger partial charge in [0.25, 0.3) is 0 Å². The van der Waals surface area contributed by atoms with Gasteiger partial charge in [0.2, 0.25) is 0 Å². The van der Waals surface area contributed by atoms with Gasteiger partial charge in [-0.3, -0.25) is 4.18 Å². The second-order valence-electron chi connectivity index (χ2n) is 3.12. The number of rotatable bonds is 6. The van der Waals surface area contributed by atoms with E-state index in [9.17, 15) is 30.4 Å². The fourth-order valence-corrected chi connectivity index (χ4v) is 2.79. The topological polar surface area (TPSA) is 43.4 Å². The zero-order valence-electron chi connectivity index (χ0n) is 8.60. The predicted molar refractivity (Wildman–Crippen MR) is 58.3 cm³/mol. The van der Waals surface area contributed by atoms with E-state index >= 15 is 0 Å². The van der Waals surface area contributed by atoms with Crippen LogP contribution in [0.1, 0.15) is 26.2 Å². The molecule has 0 bridgehead atoms. The SMILES string of the molecule is CCCCC(I)OS(=O)(=O)C(F)(F)C(F)(F)F. The summed E-state index contributed by atoms with van der Waals surface area (Å²) >= 11 is 1.36. The molecule has 0 aromatic heterocycles. The molecule has 1 atom stereocenters. The number of hydrogen-bond acceptors (Lipinski definition) is 3. The van der Waals surface area contributed by atoms with Gasteiger partial charge < -0.3 is 0 Å². The van der Waals surface area contributed by atoms with Crippen molar-refractivity contribution in [1.29, 1.82) is 0 Å². The van der Waals surface area contributed by atoms with Gasteiger partial charge in [0.05, 0.1) is 0 Å². The second kappa shape index (κ2) is 5.95. The zero-order valence-corrected chi connectivity index (χ0v) is 11.6. The van der Waals surface area contributed by atoms with Crippen LogP contribution in [0.25, 0.3) is 0 Å². The van der Waals surface area contributed by atoms with Gasteiger partial charge >= 0.3 is 21.5 Å². The minimum absolute atomic E-state index is 0.0736. The van der Waals surface area contributed by atoms with Gasteiger partial charge in [0.15, 0.2) is 0 Å². The molecule has 0 aliphatic rings. The average Bonchev–Trinajstić information content (AvgIpc) is 2.11. The number of unbranched alkanes of at least 4 members (excludes halogenated alkanes) is 1. The molecule has 1 unspecified atom stereocenters. The first kappa shape index (κ1) is 17.3. The molecular weight excluding hydrogens is 386 g/mol. The van der Waals surface area contributed by atoms with Crippen LogP contribution in [0.3, 0.4) is 0 Å². The van der Waals surface area contributed by atoms with Gasteiger partial charge in [-0.2, -0.15) is 30.4 Å².